The summed E-state index contributed by atoms with van der Waals surface area (Å²) < 4.78 is 0. The van der Waals surface area contributed by atoms with Crippen LogP contribution in [-0.4, -0.2) is 17.5 Å². The van der Waals surface area contributed by atoms with Gasteiger partial charge in [-0.2, -0.15) is 0 Å². The average molecular weight is 290 g/mol. The third-order valence-electron chi connectivity index (χ3n) is 2.76. The summed E-state index contributed by atoms with van der Waals surface area (Å²) >= 11 is 5.74. The first kappa shape index (κ1) is 14.2. The van der Waals surface area contributed by atoms with Crippen molar-refractivity contribution in [2.75, 3.05) is 0 Å². The Balaban J connectivity index is 2.15. The molecule has 102 valence electrons. The minimum absolute atomic E-state index is 0.0945. The Labute approximate surface area is 121 Å². The molecule has 0 unspecified atom stereocenters. The minimum Gasteiger partial charge on any atom is -0.312 e. The highest BCUT2D eigenvalue weighted by Gasteiger charge is 2.15. The standard InChI is InChI=1S/C15H12ClNO3/c1-9-7-13(18)8-10(2)14(9)17-20-15(19)11-3-5-12(16)6-4-11/h3-8H,1-2H3. The molecule has 0 saturated heterocycles. The maximum absolute atomic E-state index is 11.8. The Morgan fingerprint density at radius 3 is 2.20 bits per heavy atom. The van der Waals surface area contributed by atoms with Gasteiger partial charge < -0.3 is 4.84 Å². The van der Waals surface area contributed by atoms with Gasteiger partial charge in [0.05, 0.1) is 5.56 Å². The lowest BCUT2D eigenvalue weighted by Gasteiger charge is -2.10. The van der Waals surface area contributed by atoms with E-state index in [0.29, 0.717) is 27.4 Å². The van der Waals surface area contributed by atoms with Crippen molar-refractivity contribution < 1.29 is 14.4 Å². The van der Waals surface area contributed by atoms with Crippen LogP contribution < -0.4 is 0 Å². The number of halogens is 1. The number of oxime groups is 1. The number of ketones is 1. The number of benzene rings is 1. The summed E-state index contributed by atoms with van der Waals surface area (Å²) in [5.74, 6) is -0.672. The fourth-order valence-electron chi connectivity index (χ4n) is 1.79. The van der Waals surface area contributed by atoms with Gasteiger partial charge in [-0.3, -0.25) is 4.79 Å². The van der Waals surface area contributed by atoms with Gasteiger partial charge in [0.1, 0.15) is 5.71 Å². The lowest BCUT2D eigenvalue weighted by atomic mass is 9.98. The minimum atomic E-state index is -0.577. The molecule has 0 aliphatic heterocycles. The molecule has 0 amide bonds. The molecule has 1 aromatic carbocycles. The summed E-state index contributed by atoms with van der Waals surface area (Å²) in [4.78, 5) is 28.0. The van der Waals surface area contributed by atoms with Gasteiger partial charge in [-0.15, -0.1) is 0 Å². The van der Waals surface area contributed by atoms with Crippen LogP contribution in [0.3, 0.4) is 0 Å². The number of carbonyl (C=O) groups is 2. The number of allylic oxidation sites excluding steroid dienone is 4. The summed E-state index contributed by atoms with van der Waals surface area (Å²) in [6, 6.07) is 6.31. The summed E-state index contributed by atoms with van der Waals surface area (Å²) in [5.41, 5.74) is 2.18. The fourth-order valence-corrected chi connectivity index (χ4v) is 1.91. The number of hydrogen-bond donors (Lipinski definition) is 0. The predicted molar refractivity (Wildman–Crippen MR) is 76.8 cm³/mol. The second kappa shape index (κ2) is 5.84. The Morgan fingerprint density at radius 1 is 1.10 bits per heavy atom. The van der Waals surface area contributed by atoms with E-state index in [0.717, 1.165) is 0 Å². The van der Waals surface area contributed by atoms with Crippen LogP contribution in [-0.2, 0) is 9.63 Å². The third kappa shape index (κ3) is 3.22. The molecule has 0 N–H and O–H groups in total. The van der Waals surface area contributed by atoms with Crippen molar-refractivity contribution in [2.24, 2.45) is 5.16 Å². The van der Waals surface area contributed by atoms with E-state index < -0.39 is 5.97 Å². The van der Waals surface area contributed by atoms with Crippen molar-refractivity contribution in [3.05, 3.63) is 58.1 Å². The van der Waals surface area contributed by atoms with Crippen molar-refractivity contribution in [1.29, 1.82) is 0 Å². The topological polar surface area (TPSA) is 55.7 Å². The zero-order chi connectivity index (χ0) is 14.7. The highest BCUT2D eigenvalue weighted by atomic mass is 35.5. The zero-order valence-corrected chi connectivity index (χ0v) is 11.8. The van der Waals surface area contributed by atoms with Crippen LogP contribution in [0.15, 0.2) is 52.7 Å². The van der Waals surface area contributed by atoms with E-state index in [4.69, 9.17) is 16.4 Å². The highest BCUT2D eigenvalue weighted by Crippen LogP contribution is 2.15. The van der Waals surface area contributed by atoms with Crippen molar-refractivity contribution in [3.8, 4) is 0 Å². The maximum Gasteiger partial charge on any atom is 0.365 e. The van der Waals surface area contributed by atoms with E-state index >= 15 is 0 Å². The monoisotopic (exact) mass is 289 g/mol. The SMILES string of the molecule is CC1=CC(=O)C=C(C)C1=NOC(=O)c1ccc(Cl)cc1. The molecular formula is C15H12ClNO3. The molecule has 0 radical (unpaired) electrons. The summed E-state index contributed by atoms with van der Waals surface area (Å²) in [5, 5.41) is 4.36. The van der Waals surface area contributed by atoms with Crippen LogP contribution in [0, 0.1) is 0 Å². The van der Waals surface area contributed by atoms with Gasteiger partial charge in [-0.1, -0.05) is 16.8 Å². The molecule has 5 heteroatoms. The first-order valence-electron chi connectivity index (χ1n) is 5.93. The molecule has 1 aliphatic rings. The van der Waals surface area contributed by atoms with Gasteiger partial charge in [0.15, 0.2) is 5.78 Å². The molecule has 0 aromatic heterocycles. The number of carbonyl (C=O) groups excluding carboxylic acids is 2. The Bertz CT molecular complexity index is 630. The van der Waals surface area contributed by atoms with E-state index in [2.05, 4.69) is 5.16 Å². The summed E-state index contributed by atoms with van der Waals surface area (Å²) in [6.45, 7) is 3.48. The van der Waals surface area contributed by atoms with E-state index in [-0.39, 0.29) is 5.78 Å². The average Bonchev–Trinajstić information content (AvgIpc) is 2.38. The second-order valence-corrected chi connectivity index (χ2v) is 4.82. The second-order valence-electron chi connectivity index (χ2n) is 4.38. The van der Waals surface area contributed by atoms with Crippen LogP contribution in [0.25, 0.3) is 0 Å². The number of nitrogens with zero attached hydrogens (tertiary/aromatic N) is 1. The van der Waals surface area contributed by atoms with Crippen molar-refractivity contribution in [2.45, 2.75) is 13.8 Å². The molecule has 0 fully saturated rings. The lowest BCUT2D eigenvalue weighted by molar-refractivity contribution is -0.110. The fraction of sp³-hybridized carbons (Fsp3) is 0.133. The number of hydrogen-bond acceptors (Lipinski definition) is 4. The van der Waals surface area contributed by atoms with Crippen LogP contribution in [0.4, 0.5) is 0 Å². The molecule has 0 spiro atoms. The van der Waals surface area contributed by atoms with E-state index in [1.165, 1.54) is 12.2 Å². The molecule has 4 nitrogen and oxygen atoms in total. The van der Waals surface area contributed by atoms with Gasteiger partial charge in [0, 0.05) is 5.02 Å². The molecule has 2 rings (SSSR count). The molecule has 0 heterocycles. The largest absolute Gasteiger partial charge is 0.365 e. The summed E-state index contributed by atoms with van der Waals surface area (Å²) in [7, 11) is 0. The lowest BCUT2D eigenvalue weighted by Crippen LogP contribution is -2.13. The van der Waals surface area contributed by atoms with E-state index in [1.807, 2.05) is 0 Å². The first-order chi connectivity index (χ1) is 9.47. The van der Waals surface area contributed by atoms with Gasteiger partial charge in [-0.25, -0.2) is 4.79 Å². The van der Waals surface area contributed by atoms with Crippen LogP contribution in [0.1, 0.15) is 24.2 Å². The molecule has 20 heavy (non-hydrogen) atoms. The van der Waals surface area contributed by atoms with Crippen LogP contribution >= 0.6 is 11.6 Å². The van der Waals surface area contributed by atoms with Gasteiger partial charge in [-0.05, 0) is 61.4 Å². The Morgan fingerprint density at radius 2 is 1.65 bits per heavy atom. The summed E-state index contributed by atoms with van der Waals surface area (Å²) in [6.07, 6.45) is 2.89. The normalized spacial score (nSPS) is 14.6. The van der Waals surface area contributed by atoms with Gasteiger partial charge in [0.25, 0.3) is 0 Å². The molecule has 0 bridgehead atoms. The Kier molecular flexibility index (Phi) is 4.15. The molecular weight excluding hydrogens is 278 g/mol. The van der Waals surface area contributed by atoms with Gasteiger partial charge >= 0.3 is 5.97 Å². The smallest absolute Gasteiger partial charge is 0.312 e. The quantitative estimate of drug-likeness (QED) is 0.477. The molecule has 0 atom stereocenters. The van der Waals surface area contributed by atoms with Crippen LogP contribution in [0.5, 0.6) is 0 Å². The van der Waals surface area contributed by atoms with Crippen molar-refractivity contribution in [1.82, 2.24) is 0 Å². The first-order valence-corrected chi connectivity index (χ1v) is 6.31. The van der Waals surface area contributed by atoms with Gasteiger partial charge in [0.2, 0.25) is 0 Å². The van der Waals surface area contributed by atoms with Crippen molar-refractivity contribution in [3.63, 3.8) is 0 Å². The third-order valence-corrected chi connectivity index (χ3v) is 3.02. The van der Waals surface area contributed by atoms with E-state index in [9.17, 15) is 9.59 Å². The number of rotatable bonds is 2. The molecule has 1 aliphatic carbocycles. The predicted octanol–water partition coefficient (Wildman–Crippen LogP) is 3.33. The molecule has 0 saturated carbocycles. The zero-order valence-electron chi connectivity index (χ0n) is 11.0. The van der Waals surface area contributed by atoms with Crippen LogP contribution in [0.2, 0.25) is 5.02 Å². The van der Waals surface area contributed by atoms with Crippen molar-refractivity contribution >= 4 is 29.1 Å². The maximum atomic E-state index is 11.8. The highest BCUT2D eigenvalue weighted by molar-refractivity contribution is 6.30. The molecule has 1 aromatic rings. The van der Waals surface area contributed by atoms with E-state index in [1.54, 1.807) is 38.1 Å². The Hall–Kier alpha value is -2.20.